The first kappa shape index (κ1) is 28.2. The van der Waals surface area contributed by atoms with Crippen molar-refractivity contribution in [3.8, 4) is 45.5 Å². The minimum Gasteiger partial charge on any atom is -0.495 e. The standard InChI is InChI=1S/C23H27N5O7.ClH/c1-32-16-7-5-12(9-15(16)25-23(31)14(24)6-8-19(29)30)20-21(27-28-26-20)13-10-17(33-2)22(35-4)18(11-13)34-3;/h5,7,9-11,14H,6,8,24H2,1-4H3,(H,25,31)(H,29,30)(H,26,27,28);1H. The summed E-state index contributed by atoms with van der Waals surface area (Å²) in [5, 5.41) is 22.7. The molecule has 1 heterocycles. The van der Waals surface area contributed by atoms with Crippen molar-refractivity contribution in [2.45, 2.75) is 18.9 Å². The number of aromatic amines is 1. The molecule has 12 nitrogen and oxygen atoms in total. The van der Waals surface area contributed by atoms with Gasteiger partial charge in [-0.15, -0.1) is 12.4 Å². The average Bonchev–Trinajstić information content (AvgIpc) is 3.36. The molecule has 2 aromatic carbocycles. The van der Waals surface area contributed by atoms with Gasteiger partial charge >= 0.3 is 5.97 Å². The lowest BCUT2D eigenvalue weighted by molar-refractivity contribution is -0.137. The molecule has 5 N–H and O–H groups in total. The molecule has 36 heavy (non-hydrogen) atoms. The van der Waals surface area contributed by atoms with Crippen molar-refractivity contribution in [1.82, 2.24) is 15.4 Å². The van der Waals surface area contributed by atoms with Crippen LogP contribution >= 0.6 is 12.4 Å². The van der Waals surface area contributed by atoms with Crippen LogP contribution < -0.4 is 30.0 Å². The van der Waals surface area contributed by atoms with Gasteiger partial charge in [-0.05, 0) is 36.8 Å². The summed E-state index contributed by atoms with van der Waals surface area (Å²) in [7, 11) is 6.02. The molecule has 0 aliphatic carbocycles. The number of ether oxygens (including phenoxy) is 4. The van der Waals surface area contributed by atoms with Crippen molar-refractivity contribution >= 4 is 30.0 Å². The van der Waals surface area contributed by atoms with E-state index in [1.807, 2.05) is 0 Å². The van der Waals surface area contributed by atoms with Gasteiger partial charge < -0.3 is 35.1 Å². The van der Waals surface area contributed by atoms with E-state index in [1.165, 1.54) is 28.4 Å². The molecule has 0 spiro atoms. The van der Waals surface area contributed by atoms with Gasteiger partial charge in [0, 0.05) is 17.5 Å². The topological polar surface area (TPSA) is 171 Å². The zero-order chi connectivity index (χ0) is 25.5. The quantitative estimate of drug-likeness (QED) is 0.294. The van der Waals surface area contributed by atoms with Crippen LogP contribution in [-0.2, 0) is 9.59 Å². The Morgan fingerprint density at radius 3 is 2.06 bits per heavy atom. The largest absolute Gasteiger partial charge is 0.495 e. The first-order valence-electron chi connectivity index (χ1n) is 10.5. The smallest absolute Gasteiger partial charge is 0.303 e. The number of hydrogen-bond acceptors (Lipinski definition) is 9. The number of carbonyl (C=O) groups is 2. The SMILES string of the molecule is COc1ccc(-c2n[nH]nc2-c2cc(OC)c(OC)c(OC)c2)cc1NC(=O)C(N)CCC(=O)O.Cl. The first-order chi connectivity index (χ1) is 16.8. The van der Waals surface area contributed by atoms with Crippen molar-refractivity contribution in [3.05, 3.63) is 30.3 Å². The van der Waals surface area contributed by atoms with Crippen LogP contribution in [0.25, 0.3) is 22.5 Å². The number of halogens is 1. The normalized spacial score (nSPS) is 11.1. The van der Waals surface area contributed by atoms with Gasteiger partial charge in [-0.3, -0.25) is 9.59 Å². The Bertz CT molecular complexity index is 1190. The summed E-state index contributed by atoms with van der Waals surface area (Å²) in [5.74, 6) is 0.176. The Morgan fingerprint density at radius 1 is 0.944 bits per heavy atom. The summed E-state index contributed by atoms with van der Waals surface area (Å²) >= 11 is 0. The molecule has 13 heteroatoms. The van der Waals surface area contributed by atoms with Crippen molar-refractivity contribution in [3.63, 3.8) is 0 Å². The third-order valence-electron chi connectivity index (χ3n) is 5.22. The Labute approximate surface area is 213 Å². The van der Waals surface area contributed by atoms with Gasteiger partial charge in [0.2, 0.25) is 11.7 Å². The van der Waals surface area contributed by atoms with Crippen molar-refractivity contribution in [2.24, 2.45) is 5.73 Å². The zero-order valence-electron chi connectivity index (χ0n) is 20.2. The molecule has 3 rings (SSSR count). The zero-order valence-corrected chi connectivity index (χ0v) is 21.0. The van der Waals surface area contributed by atoms with Gasteiger partial charge in [-0.1, -0.05) is 0 Å². The predicted octanol–water partition coefficient (Wildman–Crippen LogP) is 2.73. The first-order valence-corrected chi connectivity index (χ1v) is 10.5. The number of amides is 1. The minimum atomic E-state index is -1.03. The average molecular weight is 522 g/mol. The van der Waals surface area contributed by atoms with Gasteiger partial charge in [0.1, 0.15) is 17.1 Å². The van der Waals surface area contributed by atoms with Crippen LogP contribution in [0.2, 0.25) is 0 Å². The summed E-state index contributed by atoms with van der Waals surface area (Å²) in [4.78, 5) is 23.3. The van der Waals surface area contributed by atoms with Gasteiger partial charge in [-0.25, -0.2) is 0 Å². The lowest BCUT2D eigenvalue weighted by Crippen LogP contribution is -2.36. The molecule has 3 aromatic rings. The number of nitrogens with one attached hydrogen (secondary N) is 2. The van der Waals surface area contributed by atoms with E-state index in [4.69, 9.17) is 29.8 Å². The van der Waals surface area contributed by atoms with E-state index in [2.05, 4.69) is 20.7 Å². The maximum absolute atomic E-state index is 12.5. The van der Waals surface area contributed by atoms with Crippen LogP contribution in [-0.4, -0.2) is 66.9 Å². The highest BCUT2D eigenvalue weighted by molar-refractivity contribution is 5.97. The lowest BCUT2D eigenvalue weighted by Gasteiger charge is -2.15. The number of benzene rings is 2. The van der Waals surface area contributed by atoms with Crippen LogP contribution in [0.15, 0.2) is 30.3 Å². The molecular formula is C23H28ClN5O7. The number of rotatable bonds is 11. The molecule has 0 aliphatic rings. The molecule has 194 valence electrons. The monoisotopic (exact) mass is 521 g/mol. The number of carboxylic acids is 1. The van der Waals surface area contributed by atoms with Gasteiger partial charge in [0.05, 0.1) is 40.2 Å². The highest BCUT2D eigenvalue weighted by Gasteiger charge is 2.21. The van der Waals surface area contributed by atoms with E-state index >= 15 is 0 Å². The number of anilines is 1. The Kier molecular flexibility index (Phi) is 9.88. The Hall–Kier alpha value is -4.03. The molecule has 1 atom stereocenters. The summed E-state index contributed by atoms with van der Waals surface area (Å²) in [6, 6.07) is 7.59. The fourth-order valence-electron chi connectivity index (χ4n) is 3.44. The number of nitrogens with zero attached hydrogens (tertiary/aromatic N) is 2. The van der Waals surface area contributed by atoms with Crippen LogP contribution in [0.4, 0.5) is 5.69 Å². The molecule has 0 fully saturated rings. The number of nitrogens with two attached hydrogens (primary N) is 1. The Morgan fingerprint density at radius 2 is 1.53 bits per heavy atom. The van der Waals surface area contributed by atoms with Crippen LogP contribution in [0.1, 0.15) is 12.8 Å². The highest BCUT2D eigenvalue weighted by Crippen LogP contribution is 2.42. The number of carboxylic acid groups (broad SMARTS) is 1. The van der Waals surface area contributed by atoms with Gasteiger partial charge in [0.25, 0.3) is 0 Å². The van der Waals surface area contributed by atoms with E-state index in [-0.39, 0.29) is 25.2 Å². The third-order valence-corrected chi connectivity index (χ3v) is 5.22. The maximum atomic E-state index is 12.5. The van der Waals surface area contributed by atoms with Crippen molar-refractivity contribution in [2.75, 3.05) is 33.8 Å². The fraction of sp³-hybridized carbons (Fsp3) is 0.304. The third kappa shape index (κ3) is 6.15. The number of aliphatic carboxylic acids is 1. The predicted molar refractivity (Wildman–Crippen MR) is 134 cm³/mol. The van der Waals surface area contributed by atoms with Crippen LogP contribution in [0.3, 0.4) is 0 Å². The molecule has 1 amide bonds. The van der Waals surface area contributed by atoms with Crippen LogP contribution in [0, 0.1) is 0 Å². The summed E-state index contributed by atoms with van der Waals surface area (Å²) in [5.41, 5.74) is 8.46. The number of carbonyl (C=O) groups excluding carboxylic acids is 1. The fourth-order valence-corrected chi connectivity index (χ4v) is 3.44. The molecular weight excluding hydrogens is 494 g/mol. The van der Waals surface area contributed by atoms with Gasteiger partial charge in [0.15, 0.2) is 11.5 Å². The summed E-state index contributed by atoms with van der Waals surface area (Å²) in [6.07, 6.45) is -0.222. The molecule has 0 saturated heterocycles. The van der Waals surface area contributed by atoms with E-state index in [9.17, 15) is 9.59 Å². The second kappa shape index (κ2) is 12.6. The second-order valence-electron chi connectivity index (χ2n) is 7.38. The van der Waals surface area contributed by atoms with E-state index in [1.54, 1.807) is 30.3 Å². The number of H-pyrrole nitrogens is 1. The Balaban J connectivity index is 0.00000456. The highest BCUT2D eigenvalue weighted by atomic mass is 35.5. The van der Waals surface area contributed by atoms with Crippen LogP contribution in [0.5, 0.6) is 23.0 Å². The number of methoxy groups -OCH3 is 4. The second-order valence-corrected chi connectivity index (χ2v) is 7.38. The summed E-state index contributed by atoms with van der Waals surface area (Å²) in [6.45, 7) is 0. The molecule has 0 bridgehead atoms. The lowest BCUT2D eigenvalue weighted by atomic mass is 10.0. The van der Waals surface area contributed by atoms with E-state index < -0.39 is 17.9 Å². The van der Waals surface area contributed by atoms with E-state index in [0.29, 0.717) is 51.2 Å². The number of aromatic nitrogens is 3. The molecule has 0 aliphatic heterocycles. The molecule has 0 saturated carbocycles. The molecule has 0 radical (unpaired) electrons. The molecule has 1 aromatic heterocycles. The van der Waals surface area contributed by atoms with Crippen molar-refractivity contribution in [1.29, 1.82) is 0 Å². The molecule has 1 unspecified atom stereocenters. The van der Waals surface area contributed by atoms with Gasteiger partial charge in [-0.2, -0.15) is 15.4 Å². The maximum Gasteiger partial charge on any atom is 0.303 e. The summed E-state index contributed by atoms with van der Waals surface area (Å²) < 4.78 is 21.6. The van der Waals surface area contributed by atoms with Crippen molar-refractivity contribution < 1.29 is 33.6 Å². The number of hydrogen-bond donors (Lipinski definition) is 4. The minimum absolute atomic E-state index is 0. The van der Waals surface area contributed by atoms with E-state index in [0.717, 1.165) is 0 Å².